The highest BCUT2D eigenvalue weighted by Gasteiger charge is 2.34. The quantitative estimate of drug-likeness (QED) is 0.915. The van der Waals surface area contributed by atoms with Crippen LogP contribution >= 0.6 is 0 Å². The molecule has 1 saturated heterocycles. The Morgan fingerprint density at radius 2 is 1.75 bits per heavy atom. The second-order valence-corrected chi connectivity index (χ2v) is 6.87. The monoisotopic (exact) mass is 277 g/mol. The zero-order chi connectivity index (χ0) is 15.0. The van der Waals surface area contributed by atoms with Gasteiger partial charge in [-0.05, 0) is 43.9 Å². The van der Waals surface area contributed by atoms with Gasteiger partial charge in [0.25, 0.3) is 0 Å². The highest BCUT2D eigenvalue weighted by Crippen LogP contribution is 2.42. The van der Waals surface area contributed by atoms with Crippen molar-refractivity contribution in [3.05, 3.63) is 23.3 Å². The molecule has 20 heavy (non-hydrogen) atoms. The summed E-state index contributed by atoms with van der Waals surface area (Å²) in [5.41, 5.74) is 2.39. The van der Waals surface area contributed by atoms with Gasteiger partial charge in [0.1, 0.15) is 11.5 Å². The van der Waals surface area contributed by atoms with Crippen molar-refractivity contribution in [2.45, 2.75) is 51.5 Å². The second kappa shape index (κ2) is 5.28. The average Bonchev–Trinajstić information content (AvgIpc) is 2.84. The van der Waals surface area contributed by atoms with Crippen LogP contribution in [0.2, 0.25) is 0 Å². The van der Waals surface area contributed by atoms with Crippen molar-refractivity contribution in [1.29, 1.82) is 0 Å². The molecule has 0 radical (unpaired) electrons. The van der Waals surface area contributed by atoms with E-state index in [4.69, 9.17) is 9.47 Å². The minimum absolute atomic E-state index is 0.0188. The summed E-state index contributed by atoms with van der Waals surface area (Å²) in [5.74, 6) is 1.90. The summed E-state index contributed by atoms with van der Waals surface area (Å²) in [6.45, 7) is 9.88. The molecule has 3 heteroatoms. The molecule has 1 aliphatic rings. The van der Waals surface area contributed by atoms with E-state index in [0.29, 0.717) is 0 Å². The lowest BCUT2D eigenvalue weighted by atomic mass is 9.82. The van der Waals surface area contributed by atoms with Crippen LogP contribution in [-0.4, -0.2) is 20.8 Å². The van der Waals surface area contributed by atoms with Gasteiger partial charge in [0.15, 0.2) is 0 Å². The van der Waals surface area contributed by atoms with E-state index < -0.39 is 0 Å². The van der Waals surface area contributed by atoms with Crippen molar-refractivity contribution < 1.29 is 9.47 Å². The van der Waals surface area contributed by atoms with Crippen molar-refractivity contribution in [3.63, 3.8) is 0 Å². The van der Waals surface area contributed by atoms with Crippen LogP contribution in [0.3, 0.4) is 0 Å². The third kappa shape index (κ3) is 2.64. The highest BCUT2D eigenvalue weighted by atomic mass is 16.5. The van der Waals surface area contributed by atoms with Gasteiger partial charge in [-0.15, -0.1) is 0 Å². The molecule has 0 spiro atoms. The largest absolute Gasteiger partial charge is 0.496 e. The van der Waals surface area contributed by atoms with Crippen molar-refractivity contribution in [2.24, 2.45) is 0 Å². The summed E-state index contributed by atoms with van der Waals surface area (Å²) in [6, 6.07) is 4.29. The van der Waals surface area contributed by atoms with Crippen LogP contribution in [0.25, 0.3) is 0 Å². The van der Waals surface area contributed by atoms with E-state index in [1.54, 1.807) is 14.2 Å². The van der Waals surface area contributed by atoms with E-state index in [-0.39, 0.29) is 11.0 Å². The standard InChI is InChI=1S/C17H27NO2/c1-16(2,3)12-10-15(20-6)13(11-14(12)19-5)17(4)8-7-9-18-17/h10-11,18H,7-9H2,1-6H3. The van der Waals surface area contributed by atoms with Gasteiger partial charge in [-0.2, -0.15) is 0 Å². The van der Waals surface area contributed by atoms with E-state index in [9.17, 15) is 0 Å². The smallest absolute Gasteiger partial charge is 0.124 e. The molecule has 1 aliphatic heterocycles. The third-order valence-electron chi connectivity index (χ3n) is 4.29. The van der Waals surface area contributed by atoms with Gasteiger partial charge in [0, 0.05) is 16.7 Å². The molecular weight excluding hydrogens is 250 g/mol. The topological polar surface area (TPSA) is 30.5 Å². The molecule has 0 amide bonds. The molecule has 0 aromatic heterocycles. The predicted octanol–water partition coefficient (Wildman–Crippen LogP) is 3.60. The van der Waals surface area contributed by atoms with Crippen LogP contribution < -0.4 is 14.8 Å². The lowest BCUT2D eigenvalue weighted by molar-refractivity contribution is 0.358. The number of hydrogen-bond acceptors (Lipinski definition) is 3. The van der Waals surface area contributed by atoms with Crippen LogP contribution in [0.5, 0.6) is 11.5 Å². The predicted molar refractivity (Wildman–Crippen MR) is 82.8 cm³/mol. The summed E-state index contributed by atoms with van der Waals surface area (Å²) in [6.07, 6.45) is 2.32. The molecule has 112 valence electrons. The molecule has 0 saturated carbocycles. The van der Waals surface area contributed by atoms with E-state index in [1.165, 1.54) is 17.5 Å². The van der Waals surface area contributed by atoms with Crippen LogP contribution in [0.1, 0.15) is 51.7 Å². The van der Waals surface area contributed by atoms with E-state index in [0.717, 1.165) is 24.5 Å². The lowest BCUT2D eigenvalue weighted by Gasteiger charge is -2.30. The van der Waals surface area contributed by atoms with Crippen molar-refractivity contribution in [1.82, 2.24) is 5.32 Å². The Bertz CT molecular complexity index is 482. The first-order valence-corrected chi connectivity index (χ1v) is 7.34. The Hall–Kier alpha value is -1.22. The average molecular weight is 277 g/mol. The Kier molecular flexibility index (Phi) is 4.01. The van der Waals surface area contributed by atoms with Gasteiger partial charge in [-0.25, -0.2) is 0 Å². The second-order valence-electron chi connectivity index (χ2n) is 6.87. The Morgan fingerprint density at radius 1 is 1.10 bits per heavy atom. The Labute approximate surface area is 122 Å². The van der Waals surface area contributed by atoms with E-state index in [2.05, 4.69) is 45.1 Å². The van der Waals surface area contributed by atoms with Crippen molar-refractivity contribution in [2.75, 3.05) is 20.8 Å². The van der Waals surface area contributed by atoms with Crippen LogP contribution in [-0.2, 0) is 11.0 Å². The number of methoxy groups -OCH3 is 2. The first kappa shape index (κ1) is 15.2. The van der Waals surface area contributed by atoms with Crippen molar-refractivity contribution >= 4 is 0 Å². The van der Waals surface area contributed by atoms with Gasteiger partial charge in [0.05, 0.1) is 14.2 Å². The normalized spacial score (nSPS) is 22.9. The fraction of sp³-hybridized carbons (Fsp3) is 0.647. The number of hydrogen-bond donors (Lipinski definition) is 1. The van der Waals surface area contributed by atoms with Gasteiger partial charge in [-0.1, -0.05) is 20.8 Å². The molecule has 1 unspecified atom stereocenters. The van der Waals surface area contributed by atoms with E-state index >= 15 is 0 Å². The summed E-state index contributed by atoms with van der Waals surface area (Å²) >= 11 is 0. The number of rotatable bonds is 3. The number of nitrogens with one attached hydrogen (secondary N) is 1. The summed E-state index contributed by atoms with van der Waals surface area (Å²) in [4.78, 5) is 0. The fourth-order valence-electron chi connectivity index (χ4n) is 3.04. The van der Waals surface area contributed by atoms with Gasteiger partial charge in [-0.3, -0.25) is 0 Å². The van der Waals surface area contributed by atoms with Crippen LogP contribution in [0.4, 0.5) is 0 Å². The van der Waals surface area contributed by atoms with Crippen LogP contribution in [0.15, 0.2) is 12.1 Å². The molecule has 1 aromatic rings. The summed E-state index contributed by atoms with van der Waals surface area (Å²) in [5, 5.41) is 3.60. The maximum Gasteiger partial charge on any atom is 0.124 e. The SMILES string of the molecule is COc1cc(C2(C)CCCN2)c(OC)cc1C(C)(C)C. The summed E-state index contributed by atoms with van der Waals surface area (Å²) in [7, 11) is 3.49. The lowest BCUT2D eigenvalue weighted by Crippen LogP contribution is -2.33. The zero-order valence-electron chi connectivity index (χ0n) is 13.6. The Balaban J connectivity index is 2.59. The van der Waals surface area contributed by atoms with E-state index in [1.807, 2.05) is 0 Å². The number of ether oxygens (including phenoxy) is 2. The Morgan fingerprint density at radius 3 is 2.20 bits per heavy atom. The highest BCUT2D eigenvalue weighted by molar-refractivity contribution is 5.52. The molecule has 0 bridgehead atoms. The summed E-state index contributed by atoms with van der Waals surface area (Å²) < 4.78 is 11.3. The fourth-order valence-corrected chi connectivity index (χ4v) is 3.04. The zero-order valence-corrected chi connectivity index (χ0v) is 13.6. The minimum atomic E-state index is -0.0188. The third-order valence-corrected chi connectivity index (χ3v) is 4.29. The maximum absolute atomic E-state index is 5.66. The molecule has 3 nitrogen and oxygen atoms in total. The van der Waals surface area contributed by atoms with Gasteiger partial charge >= 0.3 is 0 Å². The molecule has 1 N–H and O–H groups in total. The maximum atomic E-state index is 5.66. The van der Waals surface area contributed by atoms with Gasteiger partial charge in [0.2, 0.25) is 0 Å². The minimum Gasteiger partial charge on any atom is -0.496 e. The molecule has 2 rings (SSSR count). The van der Waals surface area contributed by atoms with Crippen LogP contribution in [0, 0.1) is 0 Å². The molecule has 1 fully saturated rings. The molecule has 0 aliphatic carbocycles. The molecular formula is C17H27NO2. The number of benzene rings is 1. The molecule has 1 heterocycles. The molecule has 1 atom stereocenters. The van der Waals surface area contributed by atoms with Crippen molar-refractivity contribution in [3.8, 4) is 11.5 Å². The first-order chi connectivity index (χ1) is 9.31. The molecule has 1 aromatic carbocycles. The first-order valence-electron chi connectivity index (χ1n) is 7.34. The van der Waals surface area contributed by atoms with Gasteiger partial charge < -0.3 is 14.8 Å².